The van der Waals surface area contributed by atoms with Crippen LogP contribution in [-0.2, 0) is 20.2 Å². The summed E-state index contributed by atoms with van der Waals surface area (Å²) in [4.78, 5) is 13.1. The second-order valence-corrected chi connectivity index (χ2v) is 13.1. The molecule has 1 amide bonds. The van der Waals surface area contributed by atoms with Crippen molar-refractivity contribution in [1.29, 1.82) is 0 Å². The molecule has 214 valence electrons. The Labute approximate surface area is 243 Å². The summed E-state index contributed by atoms with van der Waals surface area (Å²) in [6, 6.07) is 25.4. The molecule has 0 aliphatic heterocycles. The smallest absolute Gasteiger partial charge is 0.242 e. The van der Waals surface area contributed by atoms with Crippen LogP contribution in [0.15, 0.2) is 94.9 Å². The lowest BCUT2D eigenvalue weighted by atomic mass is 9.87. The van der Waals surface area contributed by atoms with E-state index >= 15 is 0 Å². The van der Waals surface area contributed by atoms with Gasteiger partial charge >= 0.3 is 0 Å². The largest absolute Gasteiger partial charge is 0.318 e. The lowest BCUT2D eigenvalue weighted by Crippen LogP contribution is -2.32. The molecule has 1 atom stereocenters. The number of nitrogens with zero attached hydrogens (tertiary/aromatic N) is 2. The van der Waals surface area contributed by atoms with Gasteiger partial charge in [0.15, 0.2) is 0 Å². The number of hydrazone groups is 1. The Kier molecular flexibility index (Phi) is 8.95. The van der Waals surface area contributed by atoms with Gasteiger partial charge in [-0.1, -0.05) is 80.9 Å². The van der Waals surface area contributed by atoms with Crippen LogP contribution in [-0.4, -0.2) is 25.1 Å². The molecule has 0 saturated carbocycles. The van der Waals surface area contributed by atoms with Crippen molar-refractivity contribution < 1.29 is 13.2 Å². The zero-order valence-electron chi connectivity index (χ0n) is 24.5. The lowest BCUT2D eigenvalue weighted by molar-refractivity contribution is -0.121. The Morgan fingerprint density at radius 1 is 0.927 bits per heavy atom. The van der Waals surface area contributed by atoms with Gasteiger partial charge in [-0.3, -0.25) is 4.79 Å². The molecule has 0 aliphatic rings. The van der Waals surface area contributed by atoms with Crippen molar-refractivity contribution in [3.8, 4) is 5.69 Å². The summed E-state index contributed by atoms with van der Waals surface area (Å²) in [5, 5.41) is 4.19. The number of hydrogen-bond donors (Lipinski definition) is 2. The highest BCUT2D eigenvalue weighted by atomic mass is 32.2. The van der Waals surface area contributed by atoms with E-state index in [1.807, 2.05) is 45.0 Å². The van der Waals surface area contributed by atoms with Crippen LogP contribution in [0.25, 0.3) is 5.69 Å². The maximum atomic E-state index is 13.1. The number of sulfonamides is 1. The number of hydrogen-bond acceptors (Lipinski definition) is 4. The Morgan fingerprint density at radius 2 is 1.56 bits per heavy atom. The van der Waals surface area contributed by atoms with E-state index in [-0.39, 0.29) is 16.7 Å². The highest BCUT2D eigenvalue weighted by Crippen LogP contribution is 2.26. The molecule has 41 heavy (non-hydrogen) atoms. The number of benzene rings is 3. The van der Waals surface area contributed by atoms with Crippen LogP contribution in [0.4, 0.5) is 0 Å². The minimum atomic E-state index is -3.85. The van der Waals surface area contributed by atoms with E-state index in [1.165, 1.54) is 5.56 Å². The van der Waals surface area contributed by atoms with Crippen LogP contribution in [0.2, 0.25) is 0 Å². The Hall–Kier alpha value is -4.01. The molecule has 3 aromatic carbocycles. The number of nitrogens with one attached hydrogen (secondary N) is 2. The molecule has 4 aromatic rings. The average Bonchev–Trinajstić information content (AvgIpc) is 3.21. The third-order valence-corrected chi connectivity index (χ3v) is 8.56. The summed E-state index contributed by atoms with van der Waals surface area (Å²) in [5.41, 5.74) is 9.54. The monoisotopic (exact) mass is 570 g/mol. The highest BCUT2D eigenvalue weighted by molar-refractivity contribution is 7.89. The van der Waals surface area contributed by atoms with Crippen LogP contribution in [0.1, 0.15) is 66.9 Å². The van der Waals surface area contributed by atoms with Gasteiger partial charge in [0.25, 0.3) is 0 Å². The number of rotatable bonds is 9. The van der Waals surface area contributed by atoms with Crippen molar-refractivity contribution in [3.05, 3.63) is 119 Å². The van der Waals surface area contributed by atoms with Crippen LogP contribution in [0.5, 0.6) is 0 Å². The summed E-state index contributed by atoms with van der Waals surface area (Å²) >= 11 is 0. The molecule has 0 fully saturated rings. The topological polar surface area (TPSA) is 92.6 Å². The molecule has 4 rings (SSSR count). The Morgan fingerprint density at radius 3 is 2.17 bits per heavy atom. The van der Waals surface area contributed by atoms with E-state index in [4.69, 9.17) is 0 Å². The SMILES string of the molecule is Cc1ccc(S(=O)(=O)N[C@@H](CC(=O)N/N=C\c2cc(C)n(-c3ccc(C(C)(C)C)cc3)c2C)c2ccccc2)cc1. The normalized spacial score (nSPS) is 12.9. The van der Waals surface area contributed by atoms with Gasteiger partial charge in [0.05, 0.1) is 17.2 Å². The van der Waals surface area contributed by atoms with Crippen molar-refractivity contribution in [3.63, 3.8) is 0 Å². The fourth-order valence-corrected chi connectivity index (χ4v) is 5.94. The standard InChI is InChI=1S/C33H38N4O3S/c1-23-12-18-30(19-13-23)41(39,40)36-31(26-10-8-7-9-11-26)21-32(38)35-34-22-27-20-24(2)37(25(27)3)29-16-14-28(15-17-29)33(4,5)6/h7-20,22,31,36H,21H2,1-6H3,(H,35,38)/b34-22-/t31-/m0/s1. The summed E-state index contributed by atoms with van der Waals surface area (Å²) < 4.78 is 31.0. The molecular weight excluding hydrogens is 532 g/mol. The molecule has 0 bridgehead atoms. The highest BCUT2D eigenvalue weighted by Gasteiger charge is 2.24. The molecule has 8 heteroatoms. The molecule has 0 aliphatic carbocycles. The van der Waals surface area contributed by atoms with Crippen molar-refractivity contribution in [2.24, 2.45) is 5.10 Å². The second-order valence-electron chi connectivity index (χ2n) is 11.4. The molecule has 1 aromatic heterocycles. The van der Waals surface area contributed by atoms with Crippen molar-refractivity contribution in [2.45, 2.75) is 64.3 Å². The summed E-state index contributed by atoms with van der Waals surface area (Å²) in [6.07, 6.45) is 1.50. The molecular formula is C33H38N4O3S. The van der Waals surface area contributed by atoms with E-state index in [2.05, 4.69) is 64.9 Å². The van der Waals surface area contributed by atoms with Gasteiger partial charge in [-0.15, -0.1) is 0 Å². The van der Waals surface area contributed by atoms with E-state index < -0.39 is 22.0 Å². The van der Waals surface area contributed by atoms with Gasteiger partial charge < -0.3 is 4.57 Å². The van der Waals surface area contributed by atoms with Gasteiger partial charge in [-0.25, -0.2) is 18.6 Å². The maximum Gasteiger partial charge on any atom is 0.242 e. The van der Waals surface area contributed by atoms with Gasteiger partial charge in [0.1, 0.15) is 0 Å². The lowest BCUT2D eigenvalue weighted by Gasteiger charge is -2.20. The molecule has 2 N–H and O–H groups in total. The van der Waals surface area contributed by atoms with Crippen LogP contribution >= 0.6 is 0 Å². The van der Waals surface area contributed by atoms with E-state index in [0.717, 1.165) is 28.2 Å². The number of aromatic nitrogens is 1. The van der Waals surface area contributed by atoms with E-state index in [0.29, 0.717) is 5.56 Å². The van der Waals surface area contributed by atoms with Crippen molar-refractivity contribution >= 4 is 22.1 Å². The van der Waals surface area contributed by atoms with Crippen molar-refractivity contribution in [1.82, 2.24) is 14.7 Å². The number of amides is 1. The van der Waals surface area contributed by atoms with E-state index in [1.54, 1.807) is 42.6 Å². The first kappa shape index (κ1) is 30.0. The minimum absolute atomic E-state index is 0.0786. The maximum absolute atomic E-state index is 13.1. The number of carbonyl (C=O) groups excluding carboxylic acids is 1. The predicted molar refractivity (Wildman–Crippen MR) is 165 cm³/mol. The first-order valence-electron chi connectivity index (χ1n) is 13.6. The Bertz CT molecular complexity index is 1630. The number of carbonyl (C=O) groups is 1. The second kappa shape index (κ2) is 12.2. The fourth-order valence-electron chi connectivity index (χ4n) is 4.72. The summed E-state index contributed by atoms with van der Waals surface area (Å²) in [5.74, 6) is -0.409. The average molecular weight is 571 g/mol. The van der Waals surface area contributed by atoms with Crippen LogP contribution < -0.4 is 10.1 Å². The zero-order valence-corrected chi connectivity index (χ0v) is 25.3. The third kappa shape index (κ3) is 7.39. The minimum Gasteiger partial charge on any atom is -0.318 e. The summed E-state index contributed by atoms with van der Waals surface area (Å²) in [6.45, 7) is 12.5. The van der Waals surface area contributed by atoms with Gasteiger partial charge in [-0.05, 0) is 67.6 Å². The first-order valence-corrected chi connectivity index (χ1v) is 15.1. The first-order chi connectivity index (χ1) is 19.3. The molecule has 0 saturated heterocycles. The zero-order chi connectivity index (χ0) is 29.8. The van der Waals surface area contributed by atoms with Gasteiger partial charge in [-0.2, -0.15) is 5.10 Å². The van der Waals surface area contributed by atoms with Crippen LogP contribution in [0, 0.1) is 20.8 Å². The fraction of sp³-hybridized carbons (Fsp3) is 0.273. The molecule has 0 unspecified atom stereocenters. The summed E-state index contributed by atoms with van der Waals surface area (Å²) in [7, 11) is -3.85. The molecule has 1 heterocycles. The van der Waals surface area contributed by atoms with Gasteiger partial charge in [0, 0.05) is 29.1 Å². The Balaban J connectivity index is 1.47. The third-order valence-electron chi connectivity index (χ3n) is 7.07. The predicted octanol–water partition coefficient (Wildman–Crippen LogP) is 6.26. The quantitative estimate of drug-likeness (QED) is 0.184. The molecule has 0 radical (unpaired) electrons. The molecule has 0 spiro atoms. The number of aryl methyl sites for hydroxylation is 2. The van der Waals surface area contributed by atoms with Crippen LogP contribution in [0.3, 0.4) is 0 Å². The van der Waals surface area contributed by atoms with Crippen molar-refractivity contribution in [2.75, 3.05) is 0 Å². The molecule has 7 nitrogen and oxygen atoms in total. The van der Waals surface area contributed by atoms with Gasteiger partial charge in [0.2, 0.25) is 15.9 Å². The van der Waals surface area contributed by atoms with E-state index in [9.17, 15) is 13.2 Å².